The lowest BCUT2D eigenvalue weighted by atomic mass is 10.2. The summed E-state index contributed by atoms with van der Waals surface area (Å²) in [5.74, 6) is -0.0617. The number of thioether (sulfide) groups is 1. The molecule has 1 saturated heterocycles. The quantitative estimate of drug-likeness (QED) is 0.537. The van der Waals surface area contributed by atoms with E-state index in [1.54, 1.807) is 12.0 Å². The largest absolute Gasteiger partial charge is 0.383 e. The second-order valence-electron chi connectivity index (χ2n) is 5.96. The fraction of sp³-hybridized carbons (Fsp3) is 0.263. The normalized spacial score (nSPS) is 16.2. The van der Waals surface area contributed by atoms with Crippen molar-refractivity contribution in [1.29, 1.82) is 0 Å². The summed E-state index contributed by atoms with van der Waals surface area (Å²) in [6, 6.07) is 9.78. The van der Waals surface area contributed by atoms with E-state index in [2.05, 4.69) is 10.6 Å². The number of aryl methyl sites for hydroxylation is 1. The van der Waals surface area contributed by atoms with Crippen molar-refractivity contribution in [2.45, 2.75) is 13.8 Å². The fourth-order valence-corrected chi connectivity index (χ4v) is 4.36. The molecule has 0 bridgehead atoms. The highest BCUT2D eigenvalue weighted by Crippen LogP contribution is 2.34. The van der Waals surface area contributed by atoms with Crippen molar-refractivity contribution in [1.82, 2.24) is 9.47 Å². The first-order valence-electron chi connectivity index (χ1n) is 8.11. The number of aromatic nitrogens is 1. The van der Waals surface area contributed by atoms with Gasteiger partial charge in [-0.05, 0) is 55.8 Å². The molecule has 1 aromatic heterocycles. The summed E-state index contributed by atoms with van der Waals surface area (Å²) < 4.78 is 7.78. The van der Waals surface area contributed by atoms with E-state index in [0.29, 0.717) is 27.4 Å². The number of carbonyl (C=O) groups is 1. The number of nitrogens with zero attached hydrogens (tertiary/aromatic N) is 2. The van der Waals surface area contributed by atoms with Gasteiger partial charge in [0.25, 0.3) is 5.91 Å². The van der Waals surface area contributed by atoms with Crippen LogP contribution >= 0.6 is 35.6 Å². The second kappa shape index (κ2) is 7.96. The summed E-state index contributed by atoms with van der Waals surface area (Å²) >= 11 is 12.7. The first-order chi connectivity index (χ1) is 12.4. The SMILES string of the molecule is COCCN1C(=O)C(=Cc2cc(C)n(-c3ccc(Cl)cc3)c2C)SC1=S. The Balaban J connectivity index is 1.93. The number of thiocarbonyl (C=S) groups is 1. The van der Waals surface area contributed by atoms with Gasteiger partial charge in [-0.2, -0.15) is 0 Å². The average molecular weight is 407 g/mol. The van der Waals surface area contributed by atoms with E-state index < -0.39 is 0 Å². The van der Waals surface area contributed by atoms with E-state index >= 15 is 0 Å². The minimum atomic E-state index is -0.0617. The fourth-order valence-electron chi connectivity index (χ4n) is 2.94. The molecule has 1 fully saturated rings. The maximum atomic E-state index is 12.6. The van der Waals surface area contributed by atoms with Gasteiger partial charge in [0.1, 0.15) is 4.32 Å². The number of amides is 1. The van der Waals surface area contributed by atoms with E-state index in [9.17, 15) is 4.79 Å². The number of methoxy groups -OCH3 is 1. The average Bonchev–Trinajstić information content (AvgIpc) is 3.03. The molecule has 0 atom stereocenters. The van der Waals surface area contributed by atoms with Crippen LogP contribution in [0.15, 0.2) is 35.2 Å². The summed E-state index contributed by atoms with van der Waals surface area (Å²) in [5.41, 5.74) is 4.19. The Morgan fingerprint density at radius 1 is 1.27 bits per heavy atom. The van der Waals surface area contributed by atoms with Crippen molar-refractivity contribution < 1.29 is 9.53 Å². The van der Waals surface area contributed by atoms with Crippen LogP contribution in [0.2, 0.25) is 5.02 Å². The molecule has 0 saturated carbocycles. The zero-order valence-corrected chi connectivity index (χ0v) is 17.2. The predicted octanol–water partition coefficient (Wildman–Crippen LogP) is 4.60. The Bertz CT molecular complexity index is 888. The summed E-state index contributed by atoms with van der Waals surface area (Å²) in [6.07, 6.45) is 1.92. The summed E-state index contributed by atoms with van der Waals surface area (Å²) in [7, 11) is 1.61. The van der Waals surface area contributed by atoms with Crippen LogP contribution in [0.3, 0.4) is 0 Å². The summed E-state index contributed by atoms with van der Waals surface area (Å²) in [4.78, 5) is 14.8. The Morgan fingerprint density at radius 2 is 1.96 bits per heavy atom. The molecular formula is C19H19ClN2O2S2. The molecule has 3 rings (SSSR count). The van der Waals surface area contributed by atoms with Gasteiger partial charge in [-0.25, -0.2) is 0 Å². The maximum Gasteiger partial charge on any atom is 0.266 e. The molecule has 1 aromatic carbocycles. The number of benzene rings is 1. The third kappa shape index (κ3) is 3.74. The minimum Gasteiger partial charge on any atom is -0.383 e. The van der Waals surface area contributed by atoms with E-state index in [-0.39, 0.29) is 5.91 Å². The first-order valence-corrected chi connectivity index (χ1v) is 9.72. The minimum absolute atomic E-state index is 0.0617. The topological polar surface area (TPSA) is 34.5 Å². The van der Waals surface area contributed by atoms with Crippen LogP contribution < -0.4 is 0 Å². The molecular weight excluding hydrogens is 388 g/mol. The Labute approximate surface area is 167 Å². The molecule has 0 aliphatic carbocycles. The third-order valence-electron chi connectivity index (χ3n) is 4.23. The number of rotatable bonds is 5. The number of hydrogen-bond acceptors (Lipinski definition) is 4. The van der Waals surface area contributed by atoms with Crippen molar-refractivity contribution >= 4 is 51.9 Å². The van der Waals surface area contributed by atoms with Crippen LogP contribution in [-0.4, -0.2) is 40.0 Å². The molecule has 0 unspecified atom stereocenters. The maximum absolute atomic E-state index is 12.6. The Kier molecular flexibility index (Phi) is 5.87. The predicted molar refractivity (Wildman–Crippen MR) is 112 cm³/mol. The van der Waals surface area contributed by atoms with Gasteiger partial charge in [-0.1, -0.05) is 35.6 Å². The van der Waals surface area contributed by atoms with Gasteiger partial charge in [0.15, 0.2) is 0 Å². The highest BCUT2D eigenvalue weighted by molar-refractivity contribution is 8.26. The lowest BCUT2D eigenvalue weighted by molar-refractivity contribution is -0.122. The Hall–Kier alpha value is -1.60. The van der Waals surface area contributed by atoms with Gasteiger partial charge in [0.05, 0.1) is 18.1 Å². The molecule has 2 aromatic rings. The van der Waals surface area contributed by atoms with Gasteiger partial charge >= 0.3 is 0 Å². The summed E-state index contributed by atoms with van der Waals surface area (Å²) in [5, 5.41) is 0.705. The molecule has 0 radical (unpaired) electrons. The van der Waals surface area contributed by atoms with E-state index in [4.69, 9.17) is 28.6 Å². The van der Waals surface area contributed by atoms with Gasteiger partial charge in [0.2, 0.25) is 0 Å². The van der Waals surface area contributed by atoms with Crippen molar-refractivity contribution in [2.24, 2.45) is 0 Å². The second-order valence-corrected chi connectivity index (χ2v) is 8.08. The van der Waals surface area contributed by atoms with Gasteiger partial charge in [-0.3, -0.25) is 9.69 Å². The zero-order valence-electron chi connectivity index (χ0n) is 14.8. The van der Waals surface area contributed by atoms with Crippen LogP contribution in [0.1, 0.15) is 17.0 Å². The van der Waals surface area contributed by atoms with E-state index in [0.717, 1.165) is 22.6 Å². The molecule has 0 spiro atoms. The van der Waals surface area contributed by atoms with E-state index in [1.165, 1.54) is 11.8 Å². The molecule has 1 aliphatic heterocycles. The van der Waals surface area contributed by atoms with Crippen molar-refractivity contribution in [2.75, 3.05) is 20.3 Å². The summed E-state index contributed by atoms with van der Waals surface area (Å²) in [6.45, 7) is 5.02. The van der Waals surface area contributed by atoms with Crippen molar-refractivity contribution in [3.8, 4) is 5.69 Å². The molecule has 2 heterocycles. The molecule has 1 aliphatic rings. The number of halogens is 1. The first kappa shape index (κ1) is 19.2. The molecule has 136 valence electrons. The van der Waals surface area contributed by atoms with Crippen molar-refractivity contribution in [3.05, 3.63) is 57.2 Å². The van der Waals surface area contributed by atoms with E-state index in [1.807, 2.05) is 44.2 Å². The smallest absolute Gasteiger partial charge is 0.266 e. The lowest BCUT2D eigenvalue weighted by Gasteiger charge is -2.12. The van der Waals surface area contributed by atoms with Gasteiger partial charge in [0, 0.05) is 29.2 Å². The lowest BCUT2D eigenvalue weighted by Crippen LogP contribution is -2.31. The highest BCUT2D eigenvalue weighted by atomic mass is 35.5. The standard InChI is InChI=1S/C19H19ClN2O2S2/c1-12-10-14(13(2)22(12)16-6-4-15(20)5-7-16)11-17-18(23)21(8-9-24-3)19(25)26-17/h4-7,10-11H,8-9H2,1-3H3. The van der Waals surface area contributed by atoms with Crippen LogP contribution in [0.5, 0.6) is 0 Å². The highest BCUT2D eigenvalue weighted by Gasteiger charge is 2.31. The monoisotopic (exact) mass is 406 g/mol. The third-order valence-corrected chi connectivity index (χ3v) is 5.86. The van der Waals surface area contributed by atoms with Crippen molar-refractivity contribution in [3.63, 3.8) is 0 Å². The molecule has 1 amide bonds. The number of carbonyl (C=O) groups excluding carboxylic acids is 1. The molecule has 0 N–H and O–H groups in total. The molecule has 7 heteroatoms. The Morgan fingerprint density at radius 3 is 2.62 bits per heavy atom. The number of hydrogen-bond donors (Lipinski definition) is 0. The van der Waals surface area contributed by atoms with Crippen LogP contribution in [0.25, 0.3) is 11.8 Å². The van der Waals surface area contributed by atoms with Gasteiger partial charge in [-0.15, -0.1) is 0 Å². The van der Waals surface area contributed by atoms with Gasteiger partial charge < -0.3 is 9.30 Å². The molecule has 26 heavy (non-hydrogen) atoms. The molecule has 4 nitrogen and oxygen atoms in total. The zero-order chi connectivity index (χ0) is 18.8. The van der Waals surface area contributed by atoms with Crippen LogP contribution in [0, 0.1) is 13.8 Å². The van der Waals surface area contributed by atoms with Crippen LogP contribution in [-0.2, 0) is 9.53 Å². The number of ether oxygens (including phenoxy) is 1. The van der Waals surface area contributed by atoms with Crippen LogP contribution in [0.4, 0.5) is 0 Å².